The SMILES string of the molecule is CCOc1ccc(/C=C2\COc3ccc(OC)cc3C2=O)cc1. The Kier molecular flexibility index (Phi) is 4.33. The number of benzene rings is 2. The van der Waals surface area contributed by atoms with Crippen LogP contribution >= 0.6 is 0 Å². The summed E-state index contributed by atoms with van der Waals surface area (Å²) in [5.74, 6) is 2.03. The quantitative estimate of drug-likeness (QED) is 0.807. The summed E-state index contributed by atoms with van der Waals surface area (Å²) in [6.45, 7) is 2.84. The van der Waals surface area contributed by atoms with Crippen molar-refractivity contribution in [3.63, 3.8) is 0 Å². The molecule has 1 aliphatic heterocycles. The molecule has 3 rings (SSSR count). The highest BCUT2D eigenvalue weighted by atomic mass is 16.5. The second-order valence-corrected chi connectivity index (χ2v) is 5.15. The first-order chi connectivity index (χ1) is 11.2. The highest BCUT2D eigenvalue weighted by Crippen LogP contribution is 2.31. The third-order valence-corrected chi connectivity index (χ3v) is 3.64. The summed E-state index contributed by atoms with van der Waals surface area (Å²) in [6.07, 6.45) is 1.85. The van der Waals surface area contributed by atoms with E-state index in [9.17, 15) is 4.79 Å². The Balaban J connectivity index is 1.87. The van der Waals surface area contributed by atoms with Gasteiger partial charge in [-0.2, -0.15) is 0 Å². The Morgan fingerprint density at radius 1 is 1.13 bits per heavy atom. The van der Waals surface area contributed by atoms with E-state index in [1.54, 1.807) is 25.3 Å². The summed E-state index contributed by atoms with van der Waals surface area (Å²) in [6, 6.07) is 12.9. The number of ether oxygens (including phenoxy) is 3. The van der Waals surface area contributed by atoms with Crippen LogP contribution in [0.4, 0.5) is 0 Å². The highest BCUT2D eigenvalue weighted by Gasteiger charge is 2.23. The molecule has 0 amide bonds. The maximum atomic E-state index is 12.6. The van der Waals surface area contributed by atoms with Gasteiger partial charge in [-0.3, -0.25) is 4.79 Å². The van der Waals surface area contributed by atoms with E-state index >= 15 is 0 Å². The molecular weight excluding hydrogens is 292 g/mol. The number of fused-ring (bicyclic) bond motifs is 1. The van der Waals surface area contributed by atoms with Crippen molar-refractivity contribution in [1.29, 1.82) is 0 Å². The molecule has 2 aromatic rings. The number of hydrogen-bond donors (Lipinski definition) is 0. The lowest BCUT2D eigenvalue weighted by molar-refractivity contribution is 0.100. The van der Waals surface area contributed by atoms with Crippen molar-refractivity contribution < 1.29 is 19.0 Å². The van der Waals surface area contributed by atoms with Gasteiger partial charge in [-0.25, -0.2) is 0 Å². The van der Waals surface area contributed by atoms with Crippen molar-refractivity contribution in [3.8, 4) is 17.2 Å². The first kappa shape index (κ1) is 15.2. The van der Waals surface area contributed by atoms with Crippen molar-refractivity contribution in [2.24, 2.45) is 0 Å². The van der Waals surface area contributed by atoms with Gasteiger partial charge < -0.3 is 14.2 Å². The van der Waals surface area contributed by atoms with Crippen molar-refractivity contribution in [1.82, 2.24) is 0 Å². The van der Waals surface area contributed by atoms with E-state index in [1.807, 2.05) is 37.3 Å². The second-order valence-electron chi connectivity index (χ2n) is 5.15. The molecule has 23 heavy (non-hydrogen) atoms. The molecule has 0 fully saturated rings. The van der Waals surface area contributed by atoms with E-state index < -0.39 is 0 Å². The van der Waals surface area contributed by atoms with E-state index in [4.69, 9.17) is 14.2 Å². The van der Waals surface area contributed by atoms with Crippen LogP contribution in [-0.4, -0.2) is 26.1 Å². The van der Waals surface area contributed by atoms with Crippen LogP contribution in [-0.2, 0) is 0 Å². The molecule has 0 aromatic heterocycles. The van der Waals surface area contributed by atoms with E-state index in [2.05, 4.69) is 0 Å². The van der Waals surface area contributed by atoms with Crippen LogP contribution in [0.3, 0.4) is 0 Å². The van der Waals surface area contributed by atoms with Crippen LogP contribution < -0.4 is 14.2 Å². The molecule has 4 nitrogen and oxygen atoms in total. The molecule has 1 aliphatic rings. The number of methoxy groups -OCH3 is 1. The number of ketones is 1. The summed E-state index contributed by atoms with van der Waals surface area (Å²) in [7, 11) is 1.58. The summed E-state index contributed by atoms with van der Waals surface area (Å²) in [4.78, 5) is 12.6. The molecule has 0 saturated heterocycles. The average molecular weight is 310 g/mol. The molecule has 0 spiro atoms. The Hall–Kier alpha value is -2.75. The third kappa shape index (κ3) is 3.21. The number of carbonyl (C=O) groups is 1. The molecule has 0 radical (unpaired) electrons. The lowest BCUT2D eigenvalue weighted by Gasteiger charge is -2.19. The van der Waals surface area contributed by atoms with Gasteiger partial charge in [0, 0.05) is 5.57 Å². The van der Waals surface area contributed by atoms with E-state index in [0.29, 0.717) is 29.2 Å². The van der Waals surface area contributed by atoms with Gasteiger partial charge in [0.15, 0.2) is 5.78 Å². The molecule has 2 aromatic carbocycles. The summed E-state index contributed by atoms with van der Waals surface area (Å²) in [5.41, 5.74) is 2.09. The van der Waals surface area contributed by atoms with Crippen molar-refractivity contribution in [2.75, 3.05) is 20.3 Å². The van der Waals surface area contributed by atoms with Crippen LogP contribution in [0.1, 0.15) is 22.8 Å². The molecule has 0 saturated carbocycles. The first-order valence-corrected chi connectivity index (χ1v) is 7.50. The van der Waals surface area contributed by atoms with Crippen LogP contribution in [0.15, 0.2) is 48.0 Å². The predicted molar refractivity (Wildman–Crippen MR) is 88.4 cm³/mol. The van der Waals surface area contributed by atoms with E-state index in [-0.39, 0.29) is 12.4 Å². The van der Waals surface area contributed by atoms with Crippen LogP contribution in [0.5, 0.6) is 17.2 Å². The standard InChI is InChI=1S/C19H18O4/c1-3-22-15-6-4-13(5-7-15)10-14-12-23-18-9-8-16(21-2)11-17(18)19(14)20/h4-11H,3,12H2,1-2H3/b14-10+. The zero-order valence-electron chi connectivity index (χ0n) is 13.2. The molecule has 0 atom stereocenters. The fourth-order valence-electron chi connectivity index (χ4n) is 2.47. The lowest BCUT2D eigenvalue weighted by atomic mass is 9.98. The molecule has 118 valence electrons. The molecule has 0 N–H and O–H groups in total. The summed E-state index contributed by atoms with van der Waals surface area (Å²) in [5, 5.41) is 0. The van der Waals surface area contributed by atoms with Gasteiger partial charge in [-0.1, -0.05) is 12.1 Å². The average Bonchev–Trinajstić information content (AvgIpc) is 2.59. The monoisotopic (exact) mass is 310 g/mol. The fraction of sp³-hybridized carbons (Fsp3) is 0.211. The van der Waals surface area contributed by atoms with E-state index in [1.165, 1.54) is 0 Å². The predicted octanol–water partition coefficient (Wildman–Crippen LogP) is 3.75. The maximum absolute atomic E-state index is 12.6. The van der Waals surface area contributed by atoms with Gasteiger partial charge in [0.25, 0.3) is 0 Å². The number of rotatable bonds is 4. The summed E-state index contributed by atoms with van der Waals surface area (Å²) < 4.78 is 16.3. The van der Waals surface area contributed by atoms with Crippen molar-refractivity contribution in [3.05, 3.63) is 59.2 Å². The third-order valence-electron chi connectivity index (χ3n) is 3.64. The molecule has 0 unspecified atom stereocenters. The Morgan fingerprint density at radius 2 is 1.87 bits per heavy atom. The Labute approximate surface area is 135 Å². The smallest absolute Gasteiger partial charge is 0.196 e. The second kappa shape index (κ2) is 6.57. The van der Waals surface area contributed by atoms with E-state index in [0.717, 1.165) is 11.3 Å². The maximum Gasteiger partial charge on any atom is 0.196 e. The zero-order chi connectivity index (χ0) is 16.2. The van der Waals surface area contributed by atoms with Gasteiger partial charge in [-0.05, 0) is 48.9 Å². The van der Waals surface area contributed by atoms with Crippen molar-refractivity contribution >= 4 is 11.9 Å². The minimum Gasteiger partial charge on any atom is -0.497 e. The van der Waals surface area contributed by atoms with Crippen LogP contribution in [0, 0.1) is 0 Å². The highest BCUT2D eigenvalue weighted by molar-refractivity contribution is 6.14. The van der Waals surface area contributed by atoms with Gasteiger partial charge in [0.1, 0.15) is 23.9 Å². The van der Waals surface area contributed by atoms with Gasteiger partial charge in [0.2, 0.25) is 0 Å². The van der Waals surface area contributed by atoms with Crippen LogP contribution in [0.25, 0.3) is 6.08 Å². The Morgan fingerprint density at radius 3 is 2.57 bits per heavy atom. The largest absolute Gasteiger partial charge is 0.497 e. The molecule has 4 heteroatoms. The fourth-order valence-corrected chi connectivity index (χ4v) is 2.47. The van der Waals surface area contributed by atoms with Gasteiger partial charge >= 0.3 is 0 Å². The molecule has 1 heterocycles. The topological polar surface area (TPSA) is 44.8 Å². The lowest BCUT2D eigenvalue weighted by Crippen LogP contribution is -2.19. The van der Waals surface area contributed by atoms with Crippen molar-refractivity contribution in [2.45, 2.75) is 6.92 Å². The Bertz CT molecular complexity index is 744. The first-order valence-electron chi connectivity index (χ1n) is 7.50. The summed E-state index contributed by atoms with van der Waals surface area (Å²) >= 11 is 0. The minimum atomic E-state index is -0.0287. The number of hydrogen-bond acceptors (Lipinski definition) is 4. The normalized spacial score (nSPS) is 15.0. The molecular formula is C19H18O4. The number of carbonyl (C=O) groups excluding carboxylic acids is 1. The number of Topliss-reactive ketones (excluding diaryl/α,β-unsaturated/α-hetero) is 1. The zero-order valence-corrected chi connectivity index (χ0v) is 13.2. The van der Waals surface area contributed by atoms with Crippen LogP contribution in [0.2, 0.25) is 0 Å². The minimum absolute atomic E-state index is 0.0287. The molecule has 0 aliphatic carbocycles. The van der Waals surface area contributed by atoms with Gasteiger partial charge in [-0.15, -0.1) is 0 Å². The molecule has 0 bridgehead atoms. The van der Waals surface area contributed by atoms with Gasteiger partial charge in [0.05, 0.1) is 19.3 Å².